The number of nitrogens with zero attached hydrogens (tertiary/aromatic N) is 1. The number of anilines is 3. The zero-order valence-corrected chi connectivity index (χ0v) is 15.7. The van der Waals surface area contributed by atoms with Crippen LogP contribution in [0.2, 0.25) is 0 Å². The predicted molar refractivity (Wildman–Crippen MR) is 95.5 cm³/mol. The van der Waals surface area contributed by atoms with E-state index in [1.807, 2.05) is 30.3 Å². The first kappa shape index (κ1) is 15.6. The second-order valence-electron chi connectivity index (χ2n) is 6.43. The van der Waals surface area contributed by atoms with Crippen LogP contribution in [0.5, 0.6) is 0 Å². The van der Waals surface area contributed by atoms with Crippen molar-refractivity contribution in [2.24, 2.45) is 0 Å². The summed E-state index contributed by atoms with van der Waals surface area (Å²) in [6, 6.07) is 17.2. The van der Waals surface area contributed by atoms with Crippen molar-refractivity contribution >= 4 is 41.8 Å². The Morgan fingerprint density at radius 3 is 2.50 bits per heavy atom. The van der Waals surface area contributed by atoms with Gasteiger partial charge in [-0.1, -0.05) is 0 Å². The third-order valence-electron chi connectivity index (χ3n) is 4.64. The van der Waals surface area contributed by atoms with Crippen LogP contribution < -0.4 is 4.90 Å². The SMILES string of the molecule is CC1(C)c2ccccc2N(c2ccc(C=O)[te]2)c2cc(F)ccc21. The summed E-state index contributed by atoms with van der Waals surface area (Å²) in [5.74, 6) is -0.239. The van der Waals surface area contributed by atoms with Crippen LogP contribution in [0.3, 0.4) is 0 Å². The van der Waals surface area contributed by atoms with E-state index in [4.69, 9.17) is 0 Å². The molecule has 0 N–H and O–H groups in total. The minimum absolute atomic E-state index is 0.198. The van der Waals surface area contributed by atoms with Crippen molar-refractivity contribution in [3.63, 3.8) is 0 Å². The van der Waals surface area contributed by atoms with Crippen molar-refractivity contribution in [3.8, 4) is 0 Å². The number of rotatable bonds is 2. The first-order valence-electron chi connectivity index (χ1n) is 7.77. The molecule has 0 spiro atoms. The Hall–Kier alpha value is -1.89. The molecule has 2 nitrogen and oxygen atoms in total. The van der Waals surface area contributed by atoms with Gasteiger partial charge in [-0.25, -0.2) is 0 Å². The molecule has 0 bridgehead atoms. The van der Waals surface area contributed by atoms with Crippen LogP contribution in [0.4, 0.5) is 19.5 Å². The zero-order valence-electron chi connectivity index (χ0n) is 13.4. The normalized spacial score (nSPS) is 14.9. The van der Waals surface area contributed by atoms with E-state index in [2.05, 4.69) is 30.9 Å². The maximum absolute atomic E-state index is 14.0. The Kier molecular flexibility index (Phi) is 3.63. The van der Waals surface area contributed by atoms with Crippen molar-refractivity contribution in [2.45, 2.75) is 19.3 Å². The van der Waals surface area contributed by atoms with Crippen LogP contribution in [0, 0.1) is 5.82 Å². The molecule has 1 aromatic heterocycles. The van der Waals surface area contributed by atoms with Gasteiger partial charge in [0.15, 0.2) is 0 Å². The van der Waals surface area contributed by atoms with Crippen molar-refractivity contribution in [1.82, 2.24) is 0 Å². The summed E-state index contributed by atoms with van der Waals surface area (Å²) in [4.78, 5) is 13.3. The van der Waals surface area contributed by atoms with Crippen LogP contribution in [0.1, 0.15) is 33.3 Å². The fourth-order valence-electron chi connectivity index (χ4n) is 3.45. The molecule has 2 heterocycles. The van der Waals surface area contributed by atoms with E-state index in [9.17, 15) is 9.18 Å². The van der Waals surface area contributed by atoms with Crippen LogP contribution in [0.25, 0.3) is 0 Å². The quantitative estimate of drug-likeness (QED) is 0.428. The van der Waals surface area contributed by atoms with E-state index in [0.717, 1.165) is 30.5 Å². The first-order chi connectivity index (χ1) is 11.5. The second-order valence-corrected chi connectivity index (χ2v) is 9.55. The summed E-state index contributed by atoms with van der Waals surface area (Å²) in [5.41, 5.74) is 4.09. The maximum atomic E-state index is 14.0. The topological polar surface area (TPSA) is 20.3 Å². The van der Waals surface area contributed by atoms with Gasteiger partial charge in [-0.15, -0.1) is 0 Å². The summed E-state index contributed by atoms with van der Waals surface area (Å²) in [6.07, 6.45) is 0.942. The van der Waals surface area contributed by atoms with Crippen LogP contribution >= 0.6 is 0 Å². The van der Waals surface area contributed by atoms with E-state index in [1.54, 1.807) is 6.07 Å². The Morgan fingerprint density at radius 1 is 1.00 bits per heavy atom. The Balaban J connectivity index is 2.03. The van der Waals surface area contributed by atoms with Crippen LogP contribution in [-0.2, 0) is 5.41 Å². The van der Waals surface area contributed by atoms with Gasteiger partial charge in [-0.05, 0) is 0 Å². The molecule has 1 aliphatic heterocycles. The van der Waals surface area contributed by atoms with Gasteiger partial charge in [-0.3, -0.25) is 0 Å². The fourth-order valence-corrected chi connectivity index (χ4v) is 5.88. The molecule has 0 radical (unpaired) electrons. The zero-order chi connectivity index (χ0) is 16.9. The van der Waals surface area contributed by atoms with Gasteiger partial charge in [0.25, 0.3) is 0 Å². The number of para-hydroxylation sites is 1. The summed E-state index contributed by atoms with van der Waals surface area (Å²) in [7, 11) is 0. The predicted octanol–water partition coefficient (Wildman–Crippen LogP) is 4.80. The summed E-state index contributed by atoms with van der Waals surface area (Å²) in [6.45, 7) is 4.35. The van der Waals surface area contributed by atoms with Crippen molar-refractivity contribution in [3.05, 3.63) is 75.1 Å². The molecule has 2 aromatic carbocycles. The molecular formula is C20H16FNOTe. The molecule has 120 valence electrons. The Bertz CT molecular complexity index is 944. The number of benzene rings is 2. The van der Waals surface area contributed by atoms with Gasteiger partial charge in [-0.2, -0.15) is 0 Å². The Morgan fingerprint density at radius 2 is 1.75 bits per heavy atom. The number of fused-ring (bicyclic) bond motifs is 2. The second kappa shape index (κ2) is 5.58. The third kappa shape index (κ3) is 2.25. The standard InChI is InChI=1S/C20H16FNOTe/c1-20(2)15-5-3-4-6-17(15)22(19-10-8-14(12-23)24-19)18-11-13(21)7-9-16(18)20/h3-12H,1-2H3. The molecule has 0 atom stereocenters. The fraction of sp³-hybridized carbons (Fsp3) is 0.150. The molecule has 1 aliphatic rings. The molecule has 3 aromatic rings. The van der Waals surface area contributed by atoms with Gasteiger partial charge in [0.2, 0.25) is 0 Å². The number of hydrogen-bond acceptors (Lipinski definition) is 2. The first-order valence-corrected chi connectivity index (χ1v) is 10.1. The molecule has 0 saturated carbocycles. The average molecular weight is 433 g/mol. The summed E-state index contributed by atoms with van der Waals surface area (Å²) >= 11 is -0.753. The monoisotopic (exact) mass is 435 g/mol. The van der Waals surface area contributed by atoms with Crippen molar-refractivity contribution in [2.75, 3.05) is 4.90 Å². The van der Waals surface area contributed by atoms with Gasteiger partial charge >= 0.3 is 150 Å². The molecule has 0 saturated heterocycles. The minimum atomic E-state index is -0.753. The van der Waals surface area contributed by atoms with Gasteiger partial charge in [0, 0.05) is 0 Å². The van der Waals surface area contributed by atoms with Gasteiger partial charge < -0.3 is 0 Å². The molecule has 0 aliphatic carbocycles. The van der Waals surface area contributed by atoms with E-state index in [0.29, 0.717) is 0 Å². The van der Waals surface area contributed by atoms with Gasteiger partial charge in [0.1, 0.15) is 0 Å². The van der Waals surface area contributed by atoms with Gasteiger partial charge in [0.05, 0.1) is 0 Å². The number of halogens is 1. The van der Waals surface area contributed by atoms with Crippen molar-refractivity contribution in [1.29, 1.82) is 0 Å². The summed E-state index contributed by atoms with van der Waals surface area (Å²) < 4.78 is 16.0. The van der Waals surface area contributed by atoms with E-state index < -0.39 is 20.4 Å². The number of aldehydes is 1. The molecule has 24 heavy (non-hydrogen) atoms. The van der Waals surface area contributed by atoms with Crippen LogP contribution in [0.15, 0.2) is 54.6 Å². The molecule has 0 fully saturated rings. The van der Waals surface area contributed by atoms with E-state index in [-0.39, 0.29) is 11.2 Å². The molecule has 4 heteroatoms. The number of carbonyl (C=O) groups excluding carboxylic acids is 1. The third-order valence-corrected chi connectivity index (χ3v) is 7.48. The molecule has 0 amide bonds. The molecule has 4 rings (SSSR count). The number of hydrogen-bond donors (Lipinski definition) is 0. The Labute approximate surface area is 150 Å². The van der Waals surface area contributed by atoms with E-state index >= 15 is 0 Å². The van der Waals surface area contributed by atoms with Crippen molar-refractivity contribution < 1.29 is 9.18 Å². The average Bonchev–Trinajstić information content (AvgIpc) is 3.03. The molecular weight excluding hydrogens is 417 g/mol. The number of carbonyl (C=O) groups is 1. The summed E-state index contributed by atoms with van der Waals surface area (Å²) in [5, 5.41) is 0. The van der Waals surface area contributed by atoms with E-state index in [1.165, 1.54) is 11.6 Å². The molecule has 0 unspecified atom stereocenters. The van der Waals surface area contributed by atoms with Crippen LogP contribution in [-0.4, -0.2) is 26.7 Å².